The van der Waals surface area contributed by atoms with Crippen LogP contribution in [0.4, 0.5) is 0 Å². The first-order chi connectivity index (χ1) is 10.0. The zero-order valence-corrected chi connectivity index (χ0v) is 12.6. The molecule has 0 radical (unpaired) electrons. The van der Waals surface area contributed by atoms with Crippen LogP contribution in [0.1, 0.15) is 25.5 Å². The van der Waals surface area contributed by atoms with Crippen LogP contribution in [0.15, 0.2) is 54.6 Å². The summed E-state index contributed by atoms with van der Waals surface area (Å²) in [6.07, 6.45) is -0.583. The van der Waals surface area contributed by atoms with Crippen molar-refractivity contribution in [1.82, 2.24) is 5.32 Å². The van der Waals surface area contributed by atoms with Crippen LogP contribution in [0, 0.1) is 0 Å². The molecule has 0 saturated carbocycles. The van der Waals surface area contributed by atoms with E-state index in [1.165, 1.54) is 0 Å². The SMILES string of the molecule is CC(C)(CO)NCC(O)c1ccc(-c2ccccc2)cc1. The Bertz CT molecular complexity index is 549. The minimum atomic E-state index is -0.583. The monoisotopic (exact) mass is 285 g/mol. The van der Waals surface area contributed by atoms with E-state index in [1.54, 1.807) is 0 Å². The molecule has 112 valence electrons. The topological polar surface area (TPSA) is 52.5 Å². The predicted octanol–water partition coefficient (Wildman–Crippen LogP) is 2.75. The average molecular weight is 285 g/mol. The average Bonchev–Trinajstić information content (AvgIpc) is 2.54. The fraction of sp³-hybridized carbons (Fsp3) is 0.333. The van der Waals surface area contributed by atoms with E-state index in [1.807, 2.05) is 56.3 Å². The second-order valence-electron chi connectivity index (χ2n) is 5.93. The second-order valence-corrected chi connectivity index (χ2v) is 5.93. The number of aliphatic hydroxyl groups is 2. The zero-order valence-electron chi connectivity index (χ0n) is 12.6. The third-order valence-electron chi connectivity index (χ3n) is 3.57. The van der Waals surface area contributed by atoms with Crippen LogP contribution in [0.5, 0.6) is 0 Å². The quantitative estimate of drug-likeness (QED) is 0.765. The minimum Gasteiger partial charge on any atom is -0.394 e. The number of hydrogen-bond acceptors (Lipinski definition) is 3. The first-order valence-electron chi connectivity index (χ1n) is 7.21. The van der Waals surface area contributed by atoms with Gasteiger partial charge in [0, 0.05) is 12.1 Å². The molecule has 0 amide bonds. The minimum absolute atomic E-state index is 0.0344. The van der Waals surface area contributed by atoms with Crippen molar-refractivity contribution >= 4 is 0 Å². The van der Waals surface area contributed by atoms with E-state index < -0.39 is 6.10 Å². The van der Waals surface area contributed by atoms with Crippen molar-refractivity contribution < 1.29 is 10.2 Å². The van der Waals surface area contributed by atoms with Gasteiger partial charge in [0.2, 0.25) is 0 Å². The van der Waals surface area contributed by atoms with Crippen LogP contribution in [0.3, 0.4) is 0 Å². The first kappa shape index (κ1) is 15.7. The molecule has 0 aliphatic heterocycles. The first-order valence-corrected chi connectivity index (χ1v) is 7.21. The lowest BCUT2D eigenvalue weighted by molar-refractivity contribution is 0.136. The van der Waals surface area contributed by atoms with Crippen LogP contribution >= 0.6 is 0 Å². The van der Waals surface area contributed by atoms with Crippen molar-refractivity contribution in [3.8, 4) is 11.1 Å². The summed E-state index contributed by atoms with van der Waals surface area (Å²) in [5.74, 6) is 0. The highest BCUT2D eigenvalue weighted by Crippen LogP contribution is 2.21. The maximum absolute atomic E-state index is 10.2. The summed E-state index contributed by atoms with van der Waals surface area (Å²) in [5.41, 5.74) is 2.79. The van der Waals surface area contributed by atoms with E-state index in [9.17, 15) is 10.2 Å². The highest BCUT2D eigenvalue weighted by atomic mass is 16.3. The van der Waals surface area contributed by atoms with E-state index in [-0.39, 0.29) is 12.1 Å². The van der Waals surface area contributed by atoms with Gasteiger partial charge in [-0.1, -0.05) is 54.6 Å². The Morgan fingerprint density at radius 1 is 0.952 bits per heavy atom. The number of hydrogen-bond donors (Lipinski definition) is 3. The van der Waals surface area contributed by atoms with Crippen molar-refractivity contribution in [3.63, 3.8) is 0 Å². The molecule has 1 unspecified atom stereocenters. The molecule has 0 bridgehead atoms. The number of nitrogens with one attached hydrogen (secondary N) is 1. The Kier molecular flexibility index (Phi) is 5.12. The molecule has 2 aromatic rings. The number of rotatable bonds is 6. The Hall–Kier alpha value is -1.68. The van der Waals surface area contributed by atoms with E-state index in [0.717, 1.165) is 16.7 Å². The Balaban J connectivity index is 2.02. The highest BCUT2D eigenvalue weighted by molar-refractivity contribution is 5.63. The molecule has 0 saturated heterocycles. The van der Waals surface area contributed by atoms with Gasteiger partial charge in [-0.3, -0.25) is 0 Å². The molecule has 0 aliphatic carbocycles. The summed E-state index contributed by atoms with van der Waals surface area (Å²) in [5, 5.41) is 22.5. The zero-order chi connectivity index (χ0) is 15.3. The summed E-state index contributed by atoms with van der Waals surface area (Å²) in [4.78, 5) is 0. The van der Waals surface area contributed by atoms with Gasteiger partial charge in [0.25, 0.3) is 0 Å². The van der Waals surface area contributed by atoms with Gasteiger partial charge >= 0.3 is 0 Å². The van der Waals surface area contributed by atoms with Crippen molar-refractivity contribution in [1.29, 1.82) is 0 Å². The number of benzene rings is 2. The largest absolute Gasteiger partial charge is 0.394 e. The molecule has 3 nitrogen and oxygen atoms in total. The van der Waals surface area contributed by atoms with Gasteiger partial charge in [-0.2, -0.15) is 0 Å². The summed E-state index contributed by atoms with van der Waals surface area (Å²) >= 11 is 0. The molecule has 2 rings (SSSR count). The van der Waals surface area contributed by atoms with E-state index in [2.05, 4.69) is 17.4 Å². The molecular formula is C18H23NO2. The normalized spacial score (nSPS) is 13.1. The van der Waals surface area contributed by atoms with E-state index in [0.29, 0.717) is 6.54 Å². The van der Waals surface area contributed by atoms with Crippen LogP contribution in [0.25, 0.3) is 11.1 Å². The van der Waals surface area contributed by atoms with Crippen molar-refractivity contribution in [2.75, 3.05) is 13.2 Å². The smallest absolute Gasteiger partial charge is 0.0914 e. The van der Waals surface area contributed by atoms with Crippen LogP contribution in [0.2, 0.25) is 0 Å². The number of β-amino-alcohol motifs (C(OH)–C–C–N with tert-alkyl or cyclic N) is 1. The van der Waals surface area contributed by atoms with Crippen molar-refractivity contribution in [2.24, 2.45) is 0 Å². The summed E-state index contributed by atoms with van der Waals surface area (Å²) in [7, 11) is 0. The summed E-state index contributed by atoms with van der Waals surface area (Å²) < 4.78 is 0. The molecule has 3 heteroatoms. The maximum Gasteiger partial charge on any atom is 0.0914 e. The summed E-state index contributed by atoms with van der Waals surface area (Å²) in [6.45, 7) is 4.25. The van der Waals surface area contributed by atoms with Gasteiger partial charge in [-0.25, -0.2) is 0 Å². The van der Waals surface area contributed by atoms with Crippen molar-refractivity contribution in [3.05, 3.63) is 60.2 Å². The standard InChI is InChI=1S/C18H23NO2/c1-18(2,13-20)19-12-17(21)16-10-8-15(9-11-16)14-6-4-3-5-7-14/h3-11,17,19-21H,12-13H2,1-2H3. The van der Waals surface area contributed by atoms with Crippen molar-refractivity contribution in [2.45, 2.75) is 25.5 Å². The Morgan fingerprint density at radius 3 is 2.10 bits per heavy atom. The molecule has 2 aromatic carbocycles. The Morgan fingerprint density at radius 2 is 1.52 bits per heavy atom. The molecule has 0 heterocycles. The molecule has 0 fully saturated rings. The Labute approximate surface area is 126 Å². The lowest BCUT2D eigenvalue weighted by Gasteiger charge is -2.25. The van der Waals surface area contributed by atoms with Gasteiger partial charge in [-0.15, -0.1) is 0 Å². The lowest BCUT2D eigenvalue weighted by atomic mass is 10.0. The molecule has 21 heavy (non-hydrogen) atoms. The number of aliphatic hydroxyl groups excluding tert-OH is 2. The van der Waals surface area contributed by atoms with E-state index >= 15 is 0 Å². The lowest BCUT2D eigenvalue weighted by Crippen LogP contribution is -2.44. The molecule has 0 aliphatic rings. The van der Waals surface area contributed by atoms with Gasteiger partial charge in [-0.05, 0) is 30.5 Å². The fourth-order valence-electron chi connectivity index (χ4n) is 2.08. The van der Waals surface area contributed by atoms with Crippen LogP contribution < -0.4 is 5.32 Å². The third-order valence-corrected chi connectivity index (χ3v) is 3.57. The van der Waals surface area contributed by atoms with Crippen LogP contribution in [-0.2, 0) is 0 Å². The highest BCUT2D eigenvalue weighted by Gasteiger charge is 2.17. The molecule has 0 spiro atoms. The molecule has 1 atom stereocenters. The summed E-state index contributed by atoms with van der Waals surface area (Å²) in [6, 6.07) is 18.1. The maximum atomic E-state index is 10.2. The van der Waals surface area contributed by atoms with Gasteiger partial charge < -0.3 is 15.5 Å². The van der Waals surface area contributed by atoms with Gasteiger partial charge in [0.15, 0.2) is 0 Å². The van der Waals surface area contributed by atoms with Crippen LogP contribution in [-0.4, -0.2) is 28.9 Å². The predicted molar refractivity (Wildman–Crippen MR) is 86.0 cm³/mol. The molecular weight excluding hydrogens is 262 g/mol. The van der Waals surface area contributed by atoms with Gasteiger partial charge in [0.05, 0.1) is 12.7 Å². The van der Waals surface area contributed by atoms with E-state index in [4.69, 9.17) is 0 Å². The molecule has 3 N–H and O–H groups in total. The second kappa shape index (κ2) is 6.85. The van der Waals surface area contributed by atoms with Gasteiger partial charge in [0.1, 0.15) is 0 Å². The fourth-order valence-corrected chi connectivity index (χ4v) is 2.08. The molecule has 0 aromatic heterocycles. The third kappa shape index (κ3) is 4.39.